The molecule has 1 nitrogen and oxygen atoms in total. The molecule has 0 fully saturated rings. The second-order valence-electron chi connectivity index (χ2n) is 5.62. The van der Waals surface area contributed by atoms with Gasteiger partial charge in [-0.15, -0.1) is 0 Å². The Balaban J connectivity index is 2.25. The molecule has 1 unspecified atom stereocenters. The molecule has 1 atom stereocenters. The Morgan fingerprint density at radius 2 is 2.06 bits per heavy atom. The summed E-state index contributed by atoms with van der Waals surface area (Å²) in [6, 6.07) is 6.74. The molecule has 0 amide bonds. The third-order valence-electron chi connectivity index (χ3n) is 4.38. The first-order valence-electron chi connectivity index (χ1n) is 6.31. The molecule has 1 aliphatic rings. The number of fused-ring (bicyclic) bond motifs is 1. The topological polar surface area (TPSA) is 12.0 Å². The number of hydrogen-bond donors (Lipinski definition) is 1. The fraction of sp³-hybridized carbons (Fsp3) is 0.600. The molecule has 0 aromatic heterocycles. The molecule has 0 aliphatic heterocycles. The average Bonchev–Trinajstić information content (AvgIpc) is 2.29. The Morgan fingerprint density at radius 1 is 1.31 bits per heavy atom. The largest absolute Gasteiger partial charge is 0.315 e. The van der Waals surface area contributed by atoms with Crippen LogP contribution in [0, 0.1) is 12.8 Å². The van der Waals surface area contributed by atoms with Gasteiger partial charge in [-0.3, -0.25) is 0 Å². The van der Waals surface area contributed by atoms with E-state index >= 15 is 0 Å². The van der Waals surface area contributed by atoms with Gasteiger partial charge >= 0.3 is 0 Å². The highest BCUT2D eigenvalue weighted by atomic mass is 14.9. The summed E-state index contributed by atoms with van der Waals surface area (Å²) in [5.74, 6) is 0.756. The summed E-state index contributed by atoms with van der Waals surface area (Å²) in [6.07, 6.45) is 3.79. The van der Waals surface area contributed by atoms with Gasteiger partial charge in [-0.1, -0.05) is 18.2 Å². The van der Waals surface area contributed by atoms with Crippen molar-refractivity contribution in [2.45, 2.75) is 45.6 Å². The number of benzene rings is 1. The Bertz CT molecular complexity index is 379. The van der Waals surface area contributed by atoms with Gasteiger partial charge in [0.2, 0.25) is 0 Å². The van der Waals surface area contributed by atoms with Gasteiger partial charge in [0.05, 0.1) is 0 Å². The summed E-state index contributed by atoms with van der Waals surface area (Å²) < 4.78 is 0. The van der Waals surface area contributed by atoms with Crippen LogP contribution in [0.3, 0.4) is 0 Å². The van der Waals surface area contributed by atoms with Crippen LogP contribution < -0.4 is 5.32 Å². The van der Waals surface area contributed by atoms with Crippen LogP contribution >= 0.6 is 0 Å². The van der Waals surface area contributed by atoms with Gasteiger partial charge < -0.3 is 5.32 Å². The van der Waals surface area contributed by atoms with E-state index in [2.05, 4.69) is 51.3 Å². The van der Waals surface area contributed by atoms with E-state index in [4.69, 9.17) is 0 Å². The lowest BCUT2D eigenvalue weighted by molar-refractivity contribution is 0.243. The lowest BCUT2D eigenvalue weighted by Crippen LogP contribution is -2.46. The van der Waals surface area contributed by atoms with E-state index < -0.39 is 0 Å². The Hall–Kier alpha value is -0.820. The maximum absolute atomic E-state index is 3.46. The first-order chi connectivity index (χ1) is 7.54. The van der Waals surface area contributed by atoms with Crippen LogP contribution in [0.5, 0.6) is 0 Å². The molecule has 1 aliphatic carbocycles. The number of hydrogen-bond acceptors (Lipinski definition) is 1. The van der Waals surface area contributed by atoms with Gasteiger partial charge in [0.15, 0.2) is 0 Å². The van der Waals surface area contributed by atoms with Gasteiger partial charge in [-0.05, 0) is 69.7 Å². The minimum atomic E-state index is 0.251. The lowest BCUT2D eigenvalue weighted by atomic mass is 9.73. The Kier molecular flexibility index (Phi) is 3.07. The van der Waals surface area contributed by atoms with E-state index in [1.165, 1.54) is 24.8 Å². The second-order valence-corrected chi connectivity index (χ2v) is 5.62. The molecule has 1 aromatic carbocycles. The highest BCUT2D eigenvalue weighted by Crippen LogP contribution is 2.33. The maximum atomic E-state index is 3.46. The summed E-state index contributed by atoms with van der Waals surface area (Å²) in [5, 5.41) is 3.46. The summed E-state index contributed by atoms with van der Waals surface area (Å²) in [5.41, 5.74) is 4.89. The van der Waals surface area contributed by atoms with Gasteiger partial charge in [-0.25, -0.2) is 0 Å². The van der Waals surface area contributed by atoms with Crippen molar-refractivity contribution in [3.8, 4) is 0 Å². The molecular formula is C15H23N. The van der Waals surface area contributed by atoms with Crippen molar-refractivity contribution in [1.29, 1.82) is 0 Å². The summed E-state index contributed by atoms with van der Waals surface area (Å²) in [6.45, 7) is 6.87. The molecular weight excluding hydrogens is 194 g/mol. The van der Waals surface area contributed by atoms with Crippen LogP contribution in [-0.4, -0.2) is 12.6 Å². The smallest absolute Gasteiger partial charge is 0.0153 e. The zero-order chi connectivity index (χ0) is 11.8. The molecule has 0 spiro atoms. The van der Waals surface area contributed by atoms with E-state index in [9.17, 15) is 0 Å². The van der Waals surface area contributed by atoms with Gasteiger partial charge in [0.1, 0.15) is 0 Å². The van der Waals surface area contributed by atoms with Crippen molar-refractivity contribution in [3.63, 3.8) is 0 Å². The molecule has 0 radical (unpaired) electrons. The predicted octanol–water partition coefficient (Wildman–Crippen LogP) is 3.10. The van der Waals surface area contributed by atoms with Gasteiger partial charge in [0.25, 0.3) is 0 Å². The third kappa shape index (κ3) is 2.01. The van der Waals surface area contributed by atoms with Crippen LogP contribution in [0.1, 0.15) is 37.0 Å². The van der Waals surface area contributed by atoms with Crippen LogP contribution in [0.15, 0.2) is 18.2 Å². The average molecular weight is 217 g/mol. The Morgan fingerprint density at radius 3 is 2.75 bits per heavy atom. The van der Waals surface area contributed by atoms with Crippen molar-refractivity contribution >= 4 is 0 Å². The highest BCUT2D eigenvalue weighted by Gasteiger charge is 2.31. The summed E-state index contributed by atoms with van der Waals surface area (Å²) in [4.78, 5) is 0. The van der Waals surface area contributed by atoms with Crippen LogP contribution in [0.4, 0.5) is 0 Å². The molecule has 0 bridgehead atoms. The van der Waals surface area contributed by atoms with Crippen LogP contribution in [-0.2, 0) is 12.8 Å². The normalized spacial score (nSPS) is 20.6. The molecule has 88 valence electrons. The van der Waals surface area contributed by atoms with Crippen molar-refractivity contribution in [1.82, 2.24) is 5.32 Å². The van der Waals surface area contributed by atoms with Gasteiger partial charge in [0, 0.05) is 5.54 Å². The van der Waals surface area contributed by atoms with Crippen LogP contribution in [0.25, 0.3) is 0 Å². The van der Waals surface area contributed by atoms with E-state index in [0.29, 0.717) is 0 Å². The minimum absolute atomic E-state index is 0.251. The Labute approximate surface area is 99.3 Å². The molecule has 1 aromatic rings. The minimum Gasteiger partial charge on any atom is -0.315 e. The lowest BCUT2D eigenvalue weighted by Gasteiger charge is -2.38. The van der Waals surface area contributed by atoms with E-state index in [1.54, 1.807) is 11.1 Å². The molecule has 1 heteroatoms. The molecule has 1 N–H and O–H groups in total. The van der Waals surface area contributed by atoms with Crippen molar-refractivity contribution < 1.29 is 0 Å². The second kappa shape index (κ2) is 4.21. The quantitative estimate of drug-likeness (QED) is 0.802. The first kappa shape index (κ1) is 11.7. The summed E-state index contributed by atoms with van der Waals surface area (Å²) >= 11 is 0. The fourth-order valence-electron chi connectivity index (χ4n) is 2.82. The first-order valence-corrected chi connectivity index (χ1v) is 6.31. The molecule has 2 rings (SSSR count). The number of nitrogens with one attached hydrogen (secondary N) is 1. The predicted molar refractivity (Wildman–Crippen MR) is 69.8 cm³/mol. The maximum Gasteiger partial charge on any atom is 0.0153 e. The molecule has 16 heavy (non-hydrogen) atoms. The molecule has 0 saturated carbocycles. The molecule has 0 heterocycles. The zero-order valence-electron chi connectivity index (χ0n) is 10.9. The fourth-order valence-corrected chi connectivity index (χ4v) is 2.82. The van der Waals surface area contributed by atoms with Crippen LogP contribution in [0.2, 0.25) is 0 Å². The van der Waals surface area contributed by atoms with E-state index in [0.717, 1.165) is 5.92 Å². The van der Waals surface area contributed by atoms with Gasteiger partial charge in [-0.2, -0.15) is 0 Å². The molecule has 0 saturated heterocycles. The number of rotatable bonds is 2. The monoisotopic (exact) mass is 217 g/mol. The van der Waals surface area contributed by atoms with E-state index in [-0.39, 0.29) is 5.54 Å². The SMILES string of the molecule is CNC(C)(C)C1CCc2c(C)cccc2C1. The van der Waals surface area contributed by atoms with Crippen molar-refractivity contribution in [3.05, 3.63) is 34.9 Å². The van der Waals surface area contributed by atoms with Crippen molar-refractivity contribution in [2.24, 2.45) is 5.92 Å². The third-order valence-corrected chi connectivity index (χ3v) is 4.38. The highest BCUT2D eigenvalue weighted by molar-refractivity contribution is 5.36. The number of aryl methyl sites for hydroxylation is 1. The van der Waals surface area contributed by atoms with E-state index in [1.807, 2.05) is 0 Å². The zero-order valence-corrected chi connectivity index (χ0v) is 10.9. The summed E-state index contributed by atoms with van der Waals surface area (Å²) in [7, 11) is 2.08. The van der Waals surface area contributed by atoms with Crippen molar-refractivity contribution in [2.75, 3.05) is 7.05 Å². The standard InChI is InChI=1S/C15H23N/c1-11-6-5-7-12-10-13(8-9-14(11)12)15(2,3)16-4/h5-7,13,16H,8-10H2,1-4H3.